The molecule has 0 heterocycles. The van der Waals surface area contributed by atoms with Crippen molar-refractivity contribution in [2.75, 3.05) is 31.3 Å². The zero-order valence-corrected chi connectivity index (χ0v) is 12.9. The van der Waals surface area contributed by atoms with Gasteiger partial charge in [-0.2, -0.15) is 11.8 Å². The summed E-state index contributed by atoms with van der Waals surface area (Å²) in [4.78, 5) is 0. The van der Waals surface area contributed by atoms with Crippen LogP contribution in [0.3, 0.4) is 0 Å². The van der Waals surface area contributed by atoms with E-state index in [1.165, 1.54) is 12.2 Å². The lowest BCUT2D eigenvalue weighted by Gasteiger charge is -2.28. The van der Waals surface area contributed by atoms with Crippen LogP contribution in [-0.2, 0) is 13.3 Å². The molecule has 0 saturated carbocycles. The molecule has 0 rings (SSSR count). The predicted octanol–water partition coefficient (Wildman–Crippen LogP) is 3.18. The van der Waals surface area contributed by atoms with Crippen molar-refractivity contribution < 1.29 is 13.3 Å². The Morgan fingerprint density at radius 2 is 1.31 bits per heavy atom. The molecular formula is C11H26O3SSi. The quantitative estimate of drug-likeness (QED) is 0.424. The van der Waals surface area contributed by atoms with Crippen LogP contribution in [0.2, 0.25) is 6.04 Å². The molecule has 98 valence electrons. The predicted molar refractivity (Wildman–Crippen MR) is 73.1 cm³/mol. The maximum Gasteiger partial charge on any atom is 0.501 e. The Balaban J connectivity index is 4.12. The second-order valence-electron chi connectivity index (χ2n) is 3.34. The van der Waals surface area contributed by atoms with Gasteiger partial charge in [-0.05, 0) is 38.7 Å². The standard InChI is InChI=1S/C11H26O3SSi/c1-5-9-15-10-11-16(12-6-2,13-7-3)14-8-4/h5-11H2,1-4H3. The van der Waals surface area contributed by atoms with Crippen LogP contribution in [0.15, 0.2) is 0 Å². The van der Waals surface area contributed by atoms with Gasteiger partial charge in [0.05, 0.1) is 0 Å². The van der Waals surface area contributed by atoms with Gasteiger partial charge in [-0.25, -0.2) is 0 Å². The van der Waals surface area contributed by atoms with Crippen molar-refractivity contribution in [1.82, 2.24) is 0 Å². The van der Waals surface area contributed by atoms with Crippen LogP contribution in [0.1, 0.15) is 34.1 Å². The monoisotopic (exact) mass is 266 g/mol. The van der Waals surface area contributed by atoms with Crippen LogP contribution in [0.4, 0.5) is 0 Å². The maximum atomic E-state index is 5.77. The van der Waals surface area contributed by atoms with Crippen molar-refractivity contribution in [1.29, 1.82) is 0 Å². The van der Waals surface area contributed by atoms with E-state index < -0.39 is 8.80 Å². The largest absolute Gasteiger partial charge is 0.501 e. The van der Waals surface area contributed by atoms with Gasteiger partial charge in [0.25, 0.3) is 0 Å². The molecule has 0 amide bonds. The van der Waals surface area contributed by atoms with Gasteiger partial charge in [-0.3, -0.25) is 0 Å². The van der Waals surface area contributed by atoms with Crippen molar-refractivity contribution in [3.05, 3.63) is 0 Å². The fraction of sp³-hybridized carbons (Fsp3) is 1.00. The summed E-state index contributed by atoms with van der Waals surface area (Å²) in [5.41, 5.74) is 0. The number of thioether (sulfide) groups is 1. The molecule has 0 radical (unpaired) electrons. The Morgan fingerprint density at radius 1 is 0.812 bits per heavy atom. The summed E-state index contributed by atoms with van der Waals surface area (Å²) in [6, 6.07) is 0.924. The van der Waals surface area contributed by atoms with Crippen LogP contribution in [0, 0.1) is 0 Å². The minimum absolute atomic E-state index is 0.671. The summed E-state index contributed by atoms with van der Waals surface area (Å²) in [5.74, 6) is 2.27. The molecule has 0 aromatic carbocycles. The highest BCUT2D eigenvalue weighted by atomic mass is 32.2. The molecule has 0 aliphatic rings. The molecule has 0 unspecified atom stereocenters. The maximum absolute atomic E-state index is 5.77. The van der Waals surface area contributed by atoms with E-state index in [-0.39, 0.29) is 0 Å². The van der Waals surface area contributed by atoms with Gasteiger partial charge in [0.2, 0.25) is 0 Å². The Hall–Kier alpha value is 0.447. The molecule has 0 spiro atoms. The second-order valence-corrected chi connectivity index (χ2v) is 7.30. The summed E-state index contributed by atoms with van der Waals surface area (Å²) >= 11 is 1.95. The Bertz CT molecular complexity index is 141. The van der Waals surface area contributed by atoms with Crippen molar-refractivity contribution in [3.63, 3.8) is 0 Å². The number of rotatable bonds is 11. The number of hydrogen-bond donors (Lipinski definition) is 0. The molecule has 0 fully saturated rings. The molecule has 0 bridgehead atoms. The highest BCUT2D eigenvalue weighted by Crippen LogP contribution is 2.19. The highest BCUT2D eigenvalue weighted by Gasteiger charge is 2.39. The third-order valence-electron chi connectivity index (χ3n) is 1.99. The van der Waals surface area contributed by atoms with Gasteiger partial charge in [0, 0.05) is 25.9 Å². The zero-order valence-electron chi connectivity index (χ0n) is 11.1. The normalized spacial score (nSPS) is 12.0. The topological polar surface area (TPSA) is 27.7 Å². The summed E-state index contributed by atoms with van der Waals surface area (Å²) < 4.78 is 17.3. The molecular weight excluding hydrogens is 240 g/mol. The number of hydrogen-bond acceptors (Lipinski definition) is 4. The zero-order chi connectivity index (χ0) is 12.3. The van der Waals surface area contributed by atoms with E-state index >= 15 is 0 Å². The first kappa shape index (κ1) is 16.4. The molecule has 0 aliphatic heterocycles. The van der Waals surface area contributed by atoms with Crippen molar-refractivity contribution in [2.24, 2.45) is 0 Å². The van der Waals surface area contributed by atoms with E-state index in [1.54, 1.807) is 0 Å². The van der Waals surface area contributed by atoms with Crippen LogP contribution in [-0.4, -0.2) is 40.1 Å². The fourth-order valence-corrected chi connectivity index (χ4v) is 5.52. The third kappa shape index (κ3) is 6.91. The van der Waals surface area contributed by atoms with Crippen LogP contribution in [0.25, 0.3) is 0 Å². The average Bonchev–Trinajstić information content (AvgIpc) is 2.26. The van der Waals surface area contributed by atoms with Gasteiger partial charge < -0.3 is 13.3 Å². The molecule has 0 aromatic rings. The minimum atomic E-state index is -2.37. The van der Waals surface area contributed by atoms with Gasteiger partial charge in [-0.15, -0.1) is 0 Å². The van der Waals surface area contributed by atoms with E-state index in [9.17, 15) is 0 Å². The second kappa shape index (κ2) is 10.6. The molecule has 0 N–H and O–H groups in total. The Kier molecular flexibility index (Phi) is 10.9. The van der Waals surface area contributed by atoms with Gasteiger partial charge in [0.1, 0.15) is 0 Å². The van der Waals surface area contributed by atoms with Crippen LogP contribution < -0.4 is 0 Å². The average molecular weight is 266 g/mol. The summed E-state index contributed by atoms with van der Waals surface area (Å²) in [7, 11) is -2.37. The van der Waals surface area contributed by atoms with E-state index in [2.05, 4.69) is 6.92 Å². The lowest BCUT2D eigenvalue weighted by atomic mass is 10.6. The first-order valence-corrected chi connectivity index (χ1v) is 9.32. The van der Waals surface area contributed by atoms with Gasteiger partial charge in [-0.1, -0.05) is 6.92 Å². The van der Waals surface area contributed by atoms with Crippen LogP contribution >= 0.6 is 11.8 Å². The van der Waals surface area contributed by atoms with Gasteiger partial charge in [0.15, 0.2) is 0 Å². The smallest absolute Gasteiger partial charge is 0.374 e. The molecule has 0 saturated heterocycles. The molecule has 0 aliphatic carbocycles. The Labute approximate surface area is 106 Å². The van der Waals surface area contributed by atoms with E-state index in [4.69, 9.17) is 13.3 Å². The molecule has 3 nitrogen and oxygen atoms in total. The molecule has 0 aromatic heterocycles. The lowest BCUT2D eigenvalue weighted by molar-refractivity contribution is 0.0728. The van der Waals surface area contributed by atoms with E-state index in [1.807, 2.05) is 32.5 Å². The Morgan fingerprint density at radius 3 is 1.69 bits per heavy atom. The summed E-state index contributed by atoms with van der Waals surface area (Å²) in [6.45, 7) is 10.2. The van der Waals surface area contributed by atoms with Crippen molar-refractivity contribution in [3.8, 4) is 0 Å². The molecule has 5 heteroatoms. The molecule has 16 heavy (non-hydrogen) atoms. The first-order chi connectivity index (χ1) is 7.74. The first-order valence-electron chi connectivity index (χ1n) is 6.24. The highest BCUT2D eigenvalue weighted by molar-refractivity contribution is 7.99. The molecule has 0 atom stereocenters. The fourth-order valence-electron chi connectivity index (χ4n) is 1.44. The lowest BCUT2D eigenvalue weighted by Crippen LogP contribution is -2.46. The van der Waals surface area contributed by atoms with Crippen LogP contribution in [0.5, 0.6) is 0 Å². The van der Waals surface area contributed by atoms with E-state index in [0.717, 1.165) is 11.8 Å². The van der Waals surface area contributed by atoms with Crippen molar-refractivity contribution >= 4 is 20.6 Å². The van der Waals surface area contributed by atoms with E-state index in [0.29, 0.717) is 19.8 Å². The SMILES string of the molecule is CCCSCC[Si](OCC)(OCC)OCC. The van der Waals surface area contributed by atoms with Crippen molar-refractivity contribution in [2.45, 2.75) is 40.2 Å². The minimum Gasteiger partial charge on any atom is -0.374 e. The summed E-state index contributed by atoms with van der Waals surface area (Å²) in [6.07, 6.45) is 1.22. The third-order valence-corrected chi connectivity index (χ3v) is 6.59. The summed E-state index contributed by atoms with van der Waals surface area (Å²) in [5, 5.41) is 0. The van der Waals surface area contributed by atoms with Gasteiger partial charge >= 0.3 is 8.80 Å².